The number of aliphatic hydroxyl groups is 1. The van der Waals surface area contributed by atoms with Crippen molar-refractivity contribution in [1.82, 2.24) is 5.32 Å². The van der Waals surface area contributed by atoms with Gasteiger partial charge in [0.2, 0.25) is 0 Å². The fourth-order valence-corrected chi connectivity index (χ4v) is 2.24. The minimum Gasteiger partial charge on any atom is -0.394 e. The average molecular weight is 264 g/mol. The Kier molecular flexibility index (Phi) is 5.83. The first-order chi connectivity index (χ1) is 8.86. The number of nitrogens with one attached hydrogen (secondary N) is 1. The van der Waals surface area contributed by atoms with E-state index in [1.165, 1.54) is 11.3 Å². The first-order valence-electron chi connectivity index (χ1n) is 7.03. The van der Waals surface area contributed by atoms with Gasteiger partial charge in [0, 0.05) is 30.9 Å². The molecule has 1 aromatic carbocycles. The summed E-state index contributed by atoms with van der Waals surface area (Å²) in [7, 11) is 2.10. The van der Waals surface area contributed by atoms with Crippen LogP contribution < -0.4 is 10.2 Å². The lowest BCUT2D eigenvalue weighted by molar-refractivity contribution is 0.158. The minimum atomic E-state index is -0.215. The van der Waals surface area contributed by atoms with E-state index in [9.17, 15) is 5.11 Å². The van der Waals surface area contributed by atoms with Gasteiger partial charge in [0.05, 0.1) is 6.61 Å². The third kappa shape index (κ3) is 5.21. The summed E-state index contributed by atoms with van der Waals surface area (Å²) in [6, 6.07) is 8.91. The van der Waals surface area contributed by atoms with Crippen molar-refractivity contribution in [2.75, 3.05) is 25.1 Å². The molecule has 108 valence electrons. The zero-order valence-electron chi connectivity index (χ0n) is 12.9. The Labute approximate surface area is 117 Å². The zero-order chi connectivity index (χ0) is 14.5. The molecule has 1 aromatic rings. The lowest BCUT2D eigenvalue weighted by Crippen LogP contribution is -2.50. The van der Waals surface area contributed by atoms with Crippen LogP contribution in [-0.4, -0.2) is 36.9 Å². The molecule has 0 aromatic heterocycles. The number of hydrogen-bond donors (Lipinski definition) is 2. The summed E-state index contributed by atoms with van der Waals surface area (Å²) in [6.07, 6.45) is 0.909. The highest BCUT2D eigenvalue weighted by Crippen LogP contribution is 2.17. The van der Waals surface area contributed by atoms with E-state index in [1.54, 1.807) is 0 Å². The molecule has 0 fully saturated rings. The molecule has 2 N–H and O–H groups in total. The van der Waals surface area contributed by atoms with Crippen LogP contribution in [-0.2, 0) is 0 Å². The summed E-state index contributed by atoms with van der Waals surface area (Å²) in [4.78, 5) is 2.23. The number of aryl methyl sites for hydroxylation is 1. The Morgan fingerprint density at radius 3 is 2.32 bits per heavy atom. The van der Waals surface area contributed by atoms with Gasteiger partial charge in [-0.05, 0) is 32.4 Å². The molecule has 0 aliphatic carbocycles. The Hall–Kier alpha value is -1.06. The van der Waals surface area contributed by atoms with Crippen molar-refractivity contribution in [3.63, 3.8) is 0 Å². The van der Waals surface area contributed by atoms with Crippen LogP contribution in [0.3, 0.4) is 0 Å². The van der Waals surface area contributed by atoms with E-state index < -0.39 is 0 Å². The lowest BCUT2D eigenvalue weighted by atomic mass is 9.97. The number of aliphatic hydroxyl groups excluding tert-OH is 1. The normalized spacial score (nSPS) is 14.5. The van der Waals surface area contributed by atoms with Crippen LogP contribution in [0, 0.1) is 6.92 Å². The predicted octanol–water partition coefficient (Wildman–Crippen LogP) is 2.57. The number of benzene rings is 1. The molecule has 0 saturated heterocycles. The Balaban J connectivity index is 2.57. The number of hydrogen-bond acceptors (Lipinski definition) is 3. The molecule has 0 aliphatic heterocycles. The topological polar surface area (TPSA) is 35.5 Å². The Morgan fingerprint density at radius 2 is 1.84 bits per heavy atom. The SMILES string of the molecule is Cc1ccc(N(C)CCC(C)(CO)NC(C)C)cc1. The monoisotopic (exact) mass is 264 g/mol. The molecule has 1 rings (SSSR count). The summed E-state index contributed by atoms with van der Waals surface area (Å²) in [5.74, 6) is 0. The molecule has 0 amide bonds. The van der Waals surface area contributed by atoms with Gasteiger partial charge >= 0.3 is 0 Å². The third-order valence-electron chi connectivity index (χ3n) is 3.46. The van der Waals surface area contributed by atoms with Crippen LogP contribution in [0.25, 0.3) is 0 Å². The summed E-state index contributed by atoms with van der Waals surface area (Å²) in [6.45, 7) is 9.47. The van der Waals surface area contributed by atoms with E-state index in [1.807, 2.05) is 0 Å². The van der Waals surface area contributed by atoms with E-state index in [0.29, 0.717) is 6.04 Å². The first-order valence-corrected chi connectivity index (χ1v) is 7.03. The maximum absolute atomic E-state index is 9.57. The predicted molar refractivity (Wildman–Crippen MR) is 82.8 cm³/mol. The number of nitrogens with zero attached hydrogens (tertiary/aromatic N) is 1. The van der Waals surface area contributed by atoms with Crippen molar-refractivity contribution in [2.45, 2.75) is 45.7 Å². The molecule has 1 unspecified atom stereocenters. The molecule has 0 saturated carbocycles. The summed E-state index contributed by atoms with van der Waals surface area (Å²) in [5.41, 5.74) is 2.28. The molecule has 19 heavy (non-hydrogen) atoms. The van der Waals surface area contributed by atoms with Crippen molar-refractivity contribution >= 4 is 5.69 Å². The smallest absolute Gasteiger partial charge is 0.0611 e. The van der Waals surface area contributed by atoms with E-state index in [-0.39, 0.29) is 12.1 Å². The van der Waals surface area contributed by atoms with E-state index in [4.69, 9.17) is 0 Å². The van der Waals surface area contributed by atoms with Crippen molar-refractivity contribution in [1.29, 1.82) is 0 Å². The fraction of sp³-hybridized carbons (Fsp3) is 0.625. The number of rotatable bonds is 7. The van der Waals surface area contributed by atoms with Gasteiger partial charge in [0.1, 0.15) is 0 Å². The zero-order valence-corrected chi connectivity index (χ0v) is 12.9. The summed E-state index contributed by atoms with van der Waals surface area (Å²) < 4.78 is 0. The molecule has 3 nitrogen and oxygen atoms in total. The summed E-state index contributed by atoms with van der Waals surface area (Å²) >= 11 is 0. The van der Waals surface area contributed by atoms with E-state index in [0.717, 1.165) is 13.0 Å². The highest BCUT2D eigenvalue weighted by Gasteiger charge is 2.24. The van der Waals surface area contributed by atoms with Crippen LogP contribution in [0.5, 0.6) is 0 Å². The quantitative estimate of drug-likeness (QED) is 0.794. The molecule has 1 atom stereocenters. The van der Waals surface area contributed by atoms with Crippen molar-refractivity contribution in [3.8, 4) is 0 Å². The second-order valence-corrected chi connectivity index (χ2v) is 6.02. The second kappa shape index (κ2) is 6.92. The van der Waals surface area contributed by atoms with Gasteiger partial charge in [-0.1, -0.05) is 31.5 Å². The lowest BCUT2D eigenvalue weighted by Gasteiger charge is -2.33. The molecule has 0 bridgehead atoms. The first kappa shape index (κ1) is 16.0. The average Bonchev–Trinajstić information content (AvgIpc) is 2.36. The Bertz CT molecular complexity index is 375. The van der Waals surface area contributed by atoms with Crippen LogP contribution in [0.2, 0.25) is 0 Å². The molecular formula is C16H28N2O. The summed E-state index contributed by atoms with van der Waals surface area (Å²) in [5, 5.41) is 13.0. The molecule has 0 heterocycles. The third-order valence-corrected chi connectivity index (χ3v) is 3.46. The molecular weight excluding hydrogens is 236 g/mol. The molecule has 0 radical (unpaired) electrons. The largest absolute Gasteiger partial charge is 0.394 e. The standard InChI is InChI=1S/C16H28N2O/c1-13(2)17-16(4,12-19)10-11-18(5)15-8-6-14(3)7-9-15/h6-9,13,17,19H,10-12H2,1-5H3. The van der Waals surface area contributed by atoms with Gasteiger partial charge in [0.15, 0.2) is 0 Å². The maximum atomic E-state index is 9.57. The van der Waals surface area contributed by atoms with E-state index in [2.05, 4.69) is 69.2 Å². The highest BCUT2D eigenvalue weighted by molar-refractivity contribution is 5.46. The Morgan fingerprint density at radius 1 is 1.26 bits per heavy atom. The highest BCUT2D eigenvalue weighted by atomic mass is 16.3. The van der Waals surface area contributed by atoms with Crippen LogP contribution in [0.4, 0.5) is 5.69 Å². The van der Waals surface area contributed by atoms with Crippen LogP contribution >= 0.6 is 0 Å². The molecule has 0 aliphatic rings. The van der Waals surface area contributed by atoms with Crippen molar-refractivity contribution in [3.05, 3.63) is 29.8 Å². The van der Waals surface area contributed by atoms with Crippen LogP contribution in [0.1, 0.15) is 32.8 Å². The van der Waals surface area contributed by atoms with Gasteiger partial charge in [0.25, 0.3) is 0 Å². The van der Waals surface area contributed by atoms with Gasteiger partial charge in [-0.15, -0.1) is 0 Å². The van der Waals surface area contributed by atoms with Gasteiger partial charge in [-0.2, -0.15) is 0 Å². The fourth-order valence-electron chi connectivity index (χ4n) is 2.24. The second-order valence-electron chi connectivity index (χ2n) is 6.02. The molecule has 0 spiro atoms. The van der Waals surface area contributed by atoms with Gasteiger partial charge < -0.3 is 15.3 Å². The van der Waals surface area contributed by atoms with Gasteiger partial charge in [-0.3, -0.25) is 0 Å². The van der Waals surface area contributed by atoms with E-state index >= 15 is 0 Å². The maximum Gasteiger partial charge on any atom is 0.0611 e. The van der Waals surface area contributed by atoms with Gasteiger partial charge in [-0.25, -0.2) is 0 Å². The molecule has 3 heteroatoms. The van der Waals surface area contributed by atoms with Crippen molar-refractivity contribution < 1.29 is 5.11 Å². The van der Waals surface area contributed by atoms with Crippen LogP contribution in [0.15, 0.2) is 24.3 Å². The minimum absolute atomic E-state index is 0.160. The van der Waals surface area contributed by atoms with Crippen molar-refractivity contribution in [2.24, 2.45) is 0 Å². The number of anilines is 1.